The van der Waals surface area contributed by atoms with E-state index in [0.29, 0.717) is 6.04 Å². The van der Waals surface area contributed by atoms with Gasteiger partial charge in [0.25, 0.3) is 0 Å². The lowest BCUT2D eigenvalue weighted by molar-refractivity contribution is 0.0706. The molecule has 78 valence electrons. The molecule has 0 bridgehead atoms. The van der Waals surface area contributed by atoms with Crippen molar-refractivity contribution in [3.63, 3.8) is 0 Å². The lowest BCUT2D eigenvalue weighted by Crippen LogP contribution is -2.37. The van der Waals surface area contributed by atoms with Crippen molar-refractivity contribution >= 4 is 11.8 Å². The van der Waals surface area contributed by atoms with Crippen molar-refractivity contribution in [3.8, 4) is 0 Å². The van der Waals surface area contributed by atoms with Gasteiger partial charge in [-0.25, -0.2) is 0 Å². The second kappa shape index (κ2) is 7.65. The molecular weight excluding hydrogens is 182 g/mol. The molecule has 1 atom stereocenters. The van der Waals surface area contributed by atoms with E-state index in [1.807, 2.05) is 11.8 Å². The molecule has 3 heteroatoms. The van der Waals surface area contributed by atoms with Crippen molar-refractivity contribution in [1.29, 1.82) is 0 Å². The Kier molecular flexibility index (Phi) is 6.68. The van der Waals surface area contributed by atoms with Crippen molar-refractivity contribution in [3.05, 3.63) is 0 Å². The van der Waals surface area contributed by atoms with Crippen LogP contribution in [0.2, 0.25) is 0 Å². The van der Waals surface area contributed by atoms with Crippen molar-refractivity contribution in [2.24, 2.45) is 0 Å². The molecule has 2 nitrogen and oxygen atoms in total. The van der Waals surface area contributed by atoms with Gasteiger partial charge < -0.3 is 10.1 Å². The van der Waals surface area contributed by atoms with Gasteiger partial charge in [-0.1, -0.05) is 6.92 Å². The Hall–Kier alpha value is 0.270. The normalized spacial score (nSPS) is 23.3. The first-order chi connectivity index (χ1) is 6.43. The van der Waals surface area contributed by atoms with Crippen molar-refractivity contribution < 1.29 is 4.74 Å². The van der Waals surface area contributed by atoms with E-state index in [0.717, 1.165) is 19.8 Å². The number of thioether (sulfide) groups is 1. The van der Waals surface area contributed by atoms with E-state index in [2.05, 4.69) is 12.2 Å². The molecule has 1 N–H and O–H groups in total. The average Bonchev–Trinajstić information content (AvgIpc) is 2.19. The van der Waals surface area contributed by atoms with Crippen LogP contribution in [0.4, 0.5) is 0 Å². The Morgan fingerprint density at radius 3 is 3.15 bits per heavy atom. The first kappa shape index (κ1) is 11.3. The fourth-order valence-electron chi connectivity index (χ4n) is 1.53. The SMILES string of the molecule is CCSCCCNC1CCCOC1. The van der Waals surface area contributed by atoms with E-state index in [1.54, 1.807) is 0 Å². The summed E-state index contributed by atoms with van der Waals surface area (Å²) in [5, 5.41) is 3.54. The highest BCUT2D eigenvalue weighted by atomic mass is 32.2. The van der Waals surface area contributed by atoms with Crippen LogP contribution in [0.15, 0.2) is 0 Å². The third-order valence-electron chi connectivity index (χ3n) is 2.26. The summed E-state index contributed by atoms with van der Waals surface area (Å²) in [5.41, 5.74) is 0. The molecule has 0 amide bonds. The summed E-state index contributed by atoms with van der Waals surface area (Å²) < 4.78 is 5.39. The summed E-state index contributed by atoms with van der Waals surface area (Å²) in [6, 6.07) is 0.625. The van der Waals surface area contributed by atoms with Crippen LogP contribution in [0.5, 0.6) is 0 Å². The van der Waals surface area contributed by atoms with Crippen molar-refractivity contribution in [2.45, 2.75) is 32.2 Å². The first-order valence-electron chi connectivity index (χ1n) is 5.32. The monoisotopic (exact) mass is 203 g/mol. The van der Waals surface area contributed by atoms with Crippen LogP contribution in [0.1, 0.15) is 26.2 Å². The van der Waals surface area contributed by atoms with Gasteiger partial charge in [0, 0.05) is 12.6 Å². The van der Waals surface area contributed by atoms with Crippen LogP contribution in [-0.2, 0) is 4.74 Å². The highest BCUT2D eigenvalue weighted by Crippen LogP contribution is 2.06. The van der Waals surface area contributed by atoms with Gasteiger partial charge in [0.2, 0.25) is 0 Å². The lowest BCUT2D eigenvalue weighted by atomic mass is 10.1. The van der Waals surface area contributed by atoms with E-state index in [1.165, 1.54) is 30.8 Å². The summed E-state index contributed by atoms with van der Waals surface area (Å²) in [6.45, 7) is 5.25. The number of rotatable bonds is 6. The molecular formula is C10H21NOS. The maximum atomic E-state index is 5.39. The minimum Gasteiger partial charge on any atom is -0.380 e. The zero-order valence-corrected chi connectivity index (χ0v) is 9.37. The van der Waals surface area contributed by atoms with Crippen LogP contribution < -0.4 is 5.32 Å². The highest BCUT2D eigenvalue weighted by Gasteiger charge is 2.11. The maximum absolute atomic E-state index is 5.39. The molecule has 1 aliphatic heterocycles. The summed E-state index contributed by atoms with van der Waals surface area (Å²) >= 11 is 2.02. The highest BCUT2D eigenvalue weighted by molar-refractivity contribution is 7.99. The molecule has 1 aliphatic rings. The Morgan fingerprint density at radius 1 is 1.54 bits per heavy atom. The predicted octanol–water partition coefficient (Wildman–Crippen LogP) is 1.90. The topological polar surface area (TPSA) is 21.3 Å². The summed E-state index contributed by atoms with van der Waals surface area (Å²) in [7, 11) is 0. The quantitative estimate of drug-likeness (QED) is 0.666. The van der Waals surface area contributed by atoms with Crippen molar-refractivity contribution in [2.75, 3.05) is 31.3 Å². The van der Waals surface area contributed by atoms with Gasteiger partial charge in [-0.15, -0.1) is 0 Å². The van der Waals surface area contributed by atoms with Crippen LogP contribution in [0.3, 0.4) is 0 Å². The van der Waals surface area contributed by atoms with Gasteiger partial charge in [0.05, 0.1) is 6.61 Å². The van der Waals surface area contributed by atoms with Gasteiger partial charge in [0.15, 0.2) is 0 Å². The number of nitrogens with one attached hydrogen (secondary N) is 1. The number of hydrogen-bond acceptors (Lipinski definition) is 3. The van der Waals surface area contributed by atoms with Gasteiger partial charge in [0.1, 0.15) is 0 Å². The van der Waals surface area contributed by atoms with Crippen LogP contribution in [0.25, 0.3) is 0 Å². The number of hydrogen-bond donors (Lipinski definition) is 1. The largest absolute Gasteiger partial charge is 0.380 e. The summed E-state index contributed by atoms with van der Waals surface area (Å²) in [5.74, 6) is 2.53. The second-order valence-corrected chi connectivity index (χ2v) is 4.81. The van der Waals surface area contributed by atoms with Crippen LogP contribution >= 0.6 is 11.8 Å². The molecule has 0 aliphatic carbocycles. The second-order valence-electron chi connectivity index (χ2n) is 3.42. The smallest absolute Gasteiger partial charge is 0.0619 e. The summed E-state index contributed by atoms with van der Waals surface area (Å²) in [6.07, 6.45) is 3.80. The minimum absolute atomic E-state index is 0.625. The van der Waals surface area contributed by atoms with E-state index < -0.39 is 0 Å². The lowest BCUT2D eigenvalue weighted by Gasteiger charge is -2.23. The predicted molar refractivity (Wildman–Crippen MR) is 59.5 cm³/mol. The fourth-order valence-corrected chi connectivity index (χ4v) is 2.16. The molecule has 0 aromatic heterocycles. The Morgan fingerprint density at radius 2 is 2.46 bits per heavy atom. The van der Waals surface area contributed by atoms with Gasteiger partial charge in [-0.3, -0.25) is 0 Å². The zero-order chi connectivity index (χ0) is 9.36. The standard InChI is InChI=1S/C10H21NOS/c1-2-13-8-4-6-11-10-5-3-7-12-9-10/h10-11H,2-9H2,1H3. The number of ether oxygens (including phenoxy) is 1. The Labute approximate surface area is 85.8 Å². The molecule has 0 saturated carbocycles. The van der Waals surface area contributed by atoms with Crippen molar-refractivity contribution in [1.82, 2.24) is 5.32 Å². The molecule has 1 unspecified atom stereocenters. The molecule has 0 aromatic carbocycles. The zero-order valence-electron chi connectivity index (χ0n) is 8.55. The van der Waals surface area contributed by atoms with Gasteiger partial charge in [-0.2, -0.15) is 11.8 Å². The van der Waals surface area contributed by atoms with Gasteiger partial charge >= 0.3 is 0 Å². The van der Waals surface area contributed by atoms with E-state index in [-0.39, 0.29) is 0 Å². The molecule has 0 spiro atoms. The van der Waals surface area contributed by atoms with E-state index in [9.17, 15) is 0 Å². The molecule has 1 saturated heterocycles. The van der Waals surface area contributed by atoms with Gasteiger partial charge in [-0.05, 0) is 37.3 Å². The van der Waals surface area contributed by atoms with Crippen LogP contribution in [0, 0.1) is 0 Å². The first-order valence-corrected chi connectivity index (χ1v) is 6.48. The molecule has 1 heterocycles. The molecule has 13 heavy (non-hydrogen) atoms. The molecule has 1 fully saturated rings. The van der Waals surface area contributed by atoms with E-state index >= 15 is 0 Å². The Balaban J connectivity index is 1.86. The third kappa shape index (κ3) is 5.55. The fraction of sp³-hybridized carbons (Fsp3) is 1.00. The minimum atomic E-state index is 0.625. The maximum Gasteiger partial charge on any atom is 0.0619 e. The summed E-state index contributed by atoms with van der Waals surface area (Å²) in [4.78, 5) is 0. The molecule has 0 aromatic rings. The average molecular weight is 203 g/mol. The molecule has 1 rings (SSSR count). The molecule has 0 radical (unpaired) electrons. The third-order valence-corrected chi connectivity index (χ3v) is 3.25. The Bertz CT molecular complexity index is 115. The van der Waals surface area contributed by atoms with E-state index in [4.69, 9.17) is 4.74 Å². The van der Waals surface area contributed by atoms with Crippen LogP contribution in [-0.4, -0.2) is 37.3 Å².